The lowest BCUT2D eigenvalue weighted by Crippen LogP contribution is -2.00. The second-order valence-corrected chi connectivity index (χ2v) is 3.31. The lowest BCUT2D eigenvalue weighted by molar-refractivity contribution is 0.141. The van der Waals surface area contributed by atoms with Gasteiger partial charge in [-0.05, 0) is 45.1 Å². The number of hydrogen-bond donors (Lipinski definition) is 0. The zero-order valence-electron chi connectivity index (χ0n) is 4.86. The van der Waals surface area contributed by atoms with Gasteiger partial charge >= 0.3 is 0 Å². The number of methoxy groups -OCH3 is 1. The minimum Gasteiger partial charge on any atom is -0.377 e. The van der Waals surface area contributed by atoms with Crippen molar-refractivity contribution < 1.29 is 4.74 Å². The van der Waals surface area contributed by atoms with Crippen LogP contribution in [0.15, 0.2) is 9.66 Å². The Bertz CT molecular complexity index is 109. The summed E-state index contributed by atoms with van der Waals surface area (Å²) >= 11 is 2.35. The molecule has 1 aliphatic carbocycles. The minimum absolute atomic E-state index is 0.405. The summed E-state index contributed by atoms with van der Waals surface area (Å²) in [4.78, 5) is 0. The molecule has 0 amide bonds. The van der Waals surface area contributed by atoms with E-state index in [-0.39, 0.29) is 0 Å². The van der Waals surface area contributed by atoms with Crippen LogP contribution in [0.2, 0.25) is 0 Å². The first kappa shape index (κ1) is 6.55. The molecule has 0 unspecified atom stereocenters. The topological polar surface area (TPSA) is 9.23 Å². The van der Waals surface area contributed by atoms with Crippen LogP contribution in [-0.4, -0.2) is 13.2 Å². The Kier molecular flexibility index (Phi) is 2.31. The lowest BCUT2D eigenvalue weighted by atomic mass is 10.3. The molecular formula is C6H9IO. The summed E-state index contributed by atoms with van der Waals surface area (Å²) in [6, 6.07) is 0. The van der Waals surface area contributed by atoms with Gasteiger partial charge in [0.25, 0.3) is 0 Å². The van der Waals surface area contributed by atoms with Crippen LogP contribution in [0.1, 0.15) is 12.8 Å². The third-order valence-corrected chi connectivity index (χ3v) is 2.24. The van der Waals surface area contributed by atoms with E-state index in [1.54, 1.807) is 7.11 Å². The van der Waals surface area contributed by atoms with Crippen LogP contribution in [-0.2, 0) is 4.74 Å². The summed E-state index contributed by atoms with van der Waals surface area (Å²) in [6.45, 7) is 0. The van der Waals surface area contributed by atoms with Gasteiger partial charge in [0.15, 0.2) is 0 Å². The van der Waals surface area contributed by atoms with Crippen molar-refractivity contribution in [2.45, 2.75) is 18.9 Å². The van der Waals surface area contributed by atoms with Crippen LogP contribution in [0.25, 0.3) is 0 Å². The summed E-state index contributed by atoms with van der Waals surface area (Å²) in [5, 5.41) is 0. The first-order valence-corrected chi connectivity index (χ1v) is 3.80. The van der Waals surface area contributed by atoms with Crippen LogP contribution >= 0.6 is 22.6 Å². The second-order valence-electron chi connectivity index (χ2n) is 1.93. The number of allylic oxidation sites excluding steroid dienone is 1. The quantitative estimate of drug-likeness (QED) is 0.620. The van der Waals surface area contributed by atoms with Crippen LogP contribution in [0.4, 0.5) is 0 Å². The molecule has 0 spiro atoms. The molecule has 0 aliphatic heterocycles. The molecule has 0 heterocycles. The van der Waals surface area contributed by atoms with Crippen molar-refractivity contribution in [3.63, 3.8) is 0 Å². The van der Waals surface area contributed by atoms with Crippen LogP contribution in [0.5, 0.6) is 0 Å². The van der Waals surface area contributed by atoms with Gasteiger partial charge in [-0.25, -0.2) is 0 Å². The van der Waals surface area contributed by atoms with E-state index in [2.05, 4.69) is 28.7 Å². The fourth-order valence-corrected chi connectivity index (χ4v) is 1.55. The highest BCUT2D eigenvalue weighted by molar-refractivity contribution is 14.1. The summed E-state index contributed by atoms with van der Waals surface area (Å²) in [7, 11) is 1.76. The normalized spacial score (nSPS) is 28.2. The van der Waals surface area contributed by atoms with Crippen molar-refractivity contribution in [2.75, 3.05) is 7.11 Å². The maximum absolute atomic E-state index is 5.10. The molecule has 0 N–H and O–H groups in total. The number of rotatable bonds is 1. The highest BCUT2D eigenvalue weighted by atomic mass is 127. The number of halogens is 1. The van der Waals surface area contributed by atoms with Crippen LogP contribution < -0.4 is 0 Å². The second kappa shape index (κ2) is 2.82. The molecule has 0 radical (unpaired) electrons. The van der Waals surface area contributed by atoms with E-state index in [1.165, 1.54) is 16.4 Å². The van der Waals surface area contributed by atoms with Gasteiger partial charge in [0.05, 0.1) is 6.10 Å². The van der Waals surface area contributed by atoms with Crippen LogP contribution in [0.3, 0.4) is 0 Å². The maximum Gasteiger partial charge on any atom is 0.0765 e. The van der Waals surface area contributed by atoms with Gasteiger partial charge in [-0.15, -0.1) is 0 Å². The van der Waals surface area contributed by atoms with Gasteiger partial charge in [0, 0.05) is 7.11 Å². The fraction of sp³-hybridized carbons (Fsp3) is 0.667. The molecule has 1 aliphatic rings. The number of hydrogen-bond acceptors (Lipinski definition) is 1. The van der Waals surface area contributed by atoms with E-state index >= 15 is 0 Å². The first-order valence-electron chi connectivity index (χ1n) is 2.72. The van der Waals surface area contributed by atoms with E-state index in [0.717, 1.165) is 0 Å². The van der Waals surface area contributed by atoms with Crippen molar-refractivity contribution in [1.82, 2.24) is 0 Å². The average Bonchev–Trinajstić information content (AvgIpc) is 2.14. The van der Waals surface area contributed by atoms with E-state index in [9.17, 15) is 0 Å². The average molecular weight is 224 g/mol. The Hall–Kier alpha value is 0.430. The van der Waals surface area contributed by atoms with Gasteiger partial charge in [-0.1, -0.05) is 0 Å². The zero-order valence-corrected chi connectivity index (χ0v) is 7.01. The van der Waals surface area contributed by atoms with Gasteiger partial charge in [0.1, 0.15) is 0 Å². The predicted octanol–water partition coefficient (Wildman–Crippen LogP) is 2.11. The third-order valence-electron chi connectivity index (χ3n) is 1.34. The highest BCUT2D eigenvalue weighted by Crippen LogP contribution is 2.24. The monoisotopic (exact) mass is 224 g/mol. The SMILES string of the molecule is CO[C@H]1C=C(I)CC1. The molecule has 0 aromatic heterocycles. The van der Waals surface area contributed by atoms with Crippen molar-refractivity contribution in [1.29, 1.82) is 0 Å². The zero-order chi connectivity index (χ0) is 5.98. The Balaban J connectivity index is 2.41. The molecule has 1 rings (SSSR count). The molecule has 0 saturated carbocycles. The first-order chi connectivity index (χ1) is 3.83. The molecule has 0 fully saturated rings. The van der Waals surface area contributed by atoms with Crippen molar-refractivity contribution >= 4 is 22.6 Å². The standard InChI is InChI=1S/C6H9IO/c1-8-6-3-2-5(7)4-6/h4,6H,2-3H2,1H3/t6-/m1/s1. The van der Waals surface area contributed by atoms with Gasteiger partial charge in [0.2, 0.25) is 0 Å². The third kappa shape index (κ3) is 1.45. The summed E-state index contributed by atoms with van der Waals surface area (Å²) < 4.78 is 6.54. The molecule has 8 heavy (non-hydrogen) atoms. The van der Waals surface area contributed by atoms with E-state index in [0.29, 0.717) is 6.10 Å². The lowest BCUT2D eigenvalue weighted by Gasteiger charge is -2.00. The Morgan fingerprint density at radius 1 is 1.88 bits per heavy atom. The molecule has 1 atom stereocenters. The van der Waals surface area contributed by atoms with Crippen molar-refractivity contribution in [3.8, 4) is 0 Å². The summed E-state index contributed by atoms with van der Waals surface area (Å²) in [6.07, 6.45) is 4.97. The minimum atomic E-state index is 0.405. The summed E-state index contributed by atoms with van der Waals surface area (Å²) in [5.41, 5.74) is 0. The molecule has 2 heteroatoms. The molecule has 0 bridgehead atoms. The Labute approximate surface area is 63.2 Å². The molecule has 0 saturated heterocycles. The van der Waals surface area contributed by atoms with Gasteiger partial charge < -0.3 is 4.74 Å². The number of ether oxygens (including phenoxy) is 1. The van der Waals surface area contributed by atoms with Crippen molar-refractivity contribution in [2.24, 2.45) is 0 Å². The Morgan fingerprint density at radius 2 is 2.62 bits per heavy atom. The molecule has 1 nitrogen and oxygen atoms in total. The largest absolute Gasteiger partial charge is 0.377 e. The Morgan fingerprint density at radius 3 is 2.88 bits per heavy atom. The van der Waals surface area contributed by atoms with E-state index in [1.807, 2.05) is 0 Å². The molecule has 0 aromatic carbocycles. The van der Waals surface area contributed by atoms with Gasteiger partial charge in [-0.2, -0.15) is 0 Å². The highest BCUT2D eigenvalue weighted by Gasteiger charge is 2.11. The van der Waals surface area contributed by atoms with Crippen LogP contribution in [0, 0.1) is 0 Å². The van der Waals surface area contributed by atoms with Gasteiger partial charge in [-0.3, -0.25) is 0 Å². The molecule has 46 valence electrons. The fourth-order valence-electron chi connectivity index (χ4n) is 0.834. The van der Waals surface area contributed by atoms with E-state index < -0.39 is 0 Å². The smallest absolute Gasteiger partial charge is 0.0765 e. The summed E-state index contributed by atoms with van der Waals surface area (Å²) in [5.74, 6) is 0. The van der Waals surface area contributed by atoms with E-state index in [4.69, 9.17) is 4.74 Å². The predicted molar refractivity (Wildman–Crippen MR) is 42.1 cm³/mol. The van der Waals surface area contributed by atoms with Crippen molar-refractivity contribution in [3.05, 3.63) is 9.66 Å². The maximum atomic E-state index is 5.10. The molecular weight excluding hydrogens is 215 g/mol. The molecule has 0 aromatic rings.